The van der Waals surface area contributed by atoms with Crippen molar-refractivity contribution in [2.24, 2.45) is 0 Å². The predicted octanol–water partition coefficient (Wildman–Crippen LogP) is 3.82. The van der Waals surface area contributed by atoms with E-state index in [1.807, 2.05) is 37.4 Å². The van der Waals surface area contributed by atoms with Gasteiger partial charge in [-0.3, -0.25) is 4.79 Å². The molecule has 0 radical (unpaired) electrons. The van der Waals surface area contributed by atoms with Crippen LogP contribution < -0.4 is 0 Å². The third kappa shape index (κ3) is 3.29. The number of carbonyl (C=O) groups is 2. The van der Waals surface area contributed by atoms with E-state index in [0.717, 1.165) is 16.9 Å². The van der Waals surface area contributed by atoms with Crippen molar-refractivity contribution in [3.8, 4) is 0 Å². The maximum atomic E-state index is 12.8. The van der Waals surface area contributed by atoms with E-state index < -0.39 is 11.6 Å². The Morgan fingerprint density at radius 2 is 2.17 bits per heavy atom. The first kappa shape index (κ1) is 17.2. The van der Waals surface area contributed by atoms with E-state index in [1.54, 1.807) is 19.1 Å². The van der Waals surface area contributed by atoms with Crippen molar-refractivity contribution in [2.75, 3.05) is 7.11 Å². The van der Waals surface area contributed by atoms with E-state index in [-0.39, 0.29) is 11.4 Å². The molecule has 1 aliphatic rings. The summed E-state index contributed by atoms with van der Waals surface area (Å²) in [6.07, 6.45) is 8.16. The summed E-state index contributed by atoms with van der Waals surface area (Å²) >= 11 is 1.43. The van der Waals surface area contributed by atoms with Crippen LogP contribution in [0, 0.1) is 6.92 Å². The molecule has 0 saturated heterocycles. The third-order valence-corrected chi connectivity index (χ3v) is 4.59. The molecule has 0 unspecified atom stereocenters. The van der Waals surface area contributed by atoms with Crippen molar-refractivity contribution < 1.29 is 19.1 Å². The molecule has 4 nitrogen and oxygen atoms in total. The normalized spacial score (nSPS) is 21.5. The highest BCUT2D eigenvalue weighted by molar-refractivity contribution is 7.11. The molecule has 0 aliphatic carbocycles. The summed E-state index contributed by atoms with van der Waals surface area (Å²) in [6.45, 7) is 5.60. The Bertz CT molecular complexity index is 708. The van der Waals surface area contributed by atoms with Gasteiger partial charge in [0.15, 0.2) is 16.9 Å². The summed E-state index contributed by atoms with van der Waals surface area (Å²) in [5, 5.41) is 1.90. The van der Waals surface area contributed by atoms with Gasteiger partial charge >= 0.3 is 5.97 Å². The van der Waals surface area contributed by atoms with Gasteiger partial charge in [-0.1, -0.05) is 25.2 Å². The van der Waals surface area contributed by atoms with Gasteiger partial charge in [-0.15, -0.1) is 11.3 Å². The number of esters is 1. The van der Waals surface area contributed by atoms with Crippen molar-refractivity contribution in [3.05, 3.63) is 51.8 Å². The molecule has 23 heavy (non-hydrogen) atoms. The molecular weight excluding hydrogens is 312 g/mol. The molecule has 0 amide bonds. The molecule has 2 rings (SSSR count). The summed E-state index contributed by atoms with van der Waals surface area (Å²) in [5.41, 5.74) is -0.268. The zero-order valence-corrected chi connectivity index (χ0v) is 14.5. The SMILES string of the molecule is CC/C=C/C=C/[C@@]1(C)OC(c2sccc2C)=C(C(=O)OC)C1=O. The average molecular weight is 332 g/mol. The fourth-order valence-electron chi connectivity index (χ4n) is 2.28. The lowest BCUT2D eigenvalue weighted by atomic mass is 9.96. The van der Waals surface area contributed by atoms with Crippen LogP contribution in [0.3, 0.4) is 0 Å². The van der Waals surface area contributed by atoms with Crippen molar-refractivity contribution in [1.82, 2.24) is 0 Å². The quantitative estimate of drug-likeness (QED) is 0.467. The molecule has 122 valence electrons. The predicted molar refractivity (Wildman–Crippen MR) is 91.1 cm³/mol. The van der Waals surface area contributed by atoms with Crippen LogP contribution in [0.25, 0.3) is 5.76 Å². The minimum Gasteiger partial charge on any atom is -0.473 e. The third-order valence-electron chi connectivity index (χ3n) is 3.57. The Morgan fingerprint density at radius 1 is 1.43 bits per heavy atom. The van der Waals surface area contributed by atoms with Gasteiger partial charge in [-0.25, -0.2) is 4.79 Å². The molecule has 0 bridgehead atoms. The number of allylic oxidation sites excluding steroid dienone is 3. The van der Waals surface area contributed by atoms with Crippen LogP contribution in [0.2, 0.25) is 0 Å². The second kappa shape index (κ2) is 6.96. The Labute approximate surface area is 140 Å². The zero-order chi connectivity index (χ0) is 17.0. The standard InChI is InChI=1S/C18H20O4S/c1-5-6-7-8-10-18(3)16(19)13(17(20)21-4)14(22-18)15-12(2)9-11-23-15/h6-11H,5H2,1-4H3/b7-6+,10-8+/t18-/m1/s1. The van der Waals surface area contributed by atoms with Gasteiger partial charge in [-0.05, 0) is 43.4 Å². The summed E-state index contributed by atoms with van der Waals surface area (Å²) in [4.78, 5) is 25.6. The molecule has 1 atom stereocenters. The summed E-state index contributed by atoms with van der Waals surface area (Å²) < 4.78 is 10.7. The van der Waals surface area contributed by atoms with Crippen LogP contribution in [0.4, 0.5) is 0 Å². The van der Waals surface area contributed by atoms with Gasteiger partial charge < -0.3 is 9.47 Å². The Hall–Kier alpha value is -2.14. The topological polar surface area (TPSA) is 52.6 Å². The molecule has 0 fully saturated rings. The first-order valence-electron chi connectivity index (χ1n) is 7.39. The van der Waals surface area contributed by atoms with Gasteiger partial charge in [0.2, 0.25) is 5.78 Å². The molecule has 1 aromatic heterocycles. The van der Waals surface area contributed by atoms with Crippen molar-refractivity contribution in [3.63, 3.8) is 0 Å². The molecule has 5 heteroatoms. The van der Waals surface area contributed by atoms with Crippen molar-refractivity contribution in [1.29, 1.82) is 0 Å². The zero-order valence-electron chi connectivity index (χ0n) is 13.7. The second-order valence-corrected chi connectivity index (χ2v) is 6.28. The molecule has 0 N–H and O–H groups in total. The Balaban J connectivity index is 2.45. The highest BCUT2D eigenvalue weighted by Crippen LogP contribution is 2.40. The van der Waals surface area contributed by atoms with Crippen LogP contribution in [-0.2, 0) is 19.1 Å². The van der Waals surface area contributed by atoms with Crippen LogP contribution in [0.15, 0.2) is 41.3 Å². The van der Waals surface area contributed by atoms with Gasteiger partial charge in [0.1, 0.15) is 0 Å². The number of rotatable bonds is 5. The molecule has 1 aliphatic heterocycles. The molecule has 0 aromatic carbocycles. The van der Waals surface area contributed by atoms with Crippen LogP contribution in [0.5, 0.6) is 0 Å². The van der Waals surface area contributed by atoms with E-state index in [2.05, 4.69) is 0 Å². The highest BCUT2D eigenvalue weighted by atomic mass is 32.1. The van der Waals surface area contributed by atoms with Crippen molar-refractivity contribution >= 4 is 28.8 Å². The van der Waals surface area contributed by atoms with E-state index in [0.29, 0.717) is 5.76 Å². The smallest absolute Gasteiger partial charge is 0.345 e. The largest absolute Gasteiger partial charge is 0.473 e. The lowest BCUT2D eigenvalue weighted by Crippen LogP contribution is -2.32. The second-order valence-electron chi connectivity index (χ2n) is 5.36. The van der Waals surface area contributed by atoms with E-state index >= 15 is 0 Å². The maximum Gasteiger partial charge on any atom is 0.345 e. The number of hydrogen-bond donors (Lipinski definition) is 0. The van der Waals surface area contributed by atoms with Crippen LogP contribution >= 0.6 is 11.3 Å². The van der Waals surface area contributed by atoms with Crippen LogP contribution in [0.1, 0.15) is 30.7 Å². The summed E-state index contributed by atoms with van der Waals surface area (Å²) in [6, 6.07) is 1.92. The average Bonchev–Trinajstić information content (AvgIpc) is 3.06. The minimum absolute atomic E-state index is 0.0235. The number of Topliss-reactive ketones (excluding diaryl/α,β-unsaturated/α-hetero) is 1. The van der Waals surface area contributed by atoms with Gasteiger partial charge in [-0.2, -0.15) is 0 Å². The number of methoxy groups -OCH3 is 1. The summed E-state index contributed by atoms with van der Waals surface area (Å²) in [5.74, 6) is -0.742. The van der Waals surface area contributed by atoms with Gasteiger partial charge in [0.25, 0.3) is 0 Å². The number of ketones is 1. The number of thiophene rings is 1. The first-order valence-corrected chi connectivity index (χ1v) is 8.27. The highest BCUT2D eigenvalue weighted by Gasteiger charge is 2.48. The fraction of sp³-hybridized carbons (Fsp3) is 0.333. The molecule has 2 heterocycles. The molecular formula is C18H20O4S. The first-order chi connectivity index (χ1) is 10.9. The number of carbonyl (C=O) groups excluding carboxylic acids is 2. The number of hydrogen-bond acceptors (Lipinski definition) is 5. The number of ether oxygens (including phenoxy) is 2. The lowest BCUT2D eigenvalue weighted by Gasteiger charge is -2.19. The van der Waals surface area contributed by atoms with Crippen LogP contribution in [-0.4, -0.2) is 24.5 Å². The molecule has 0 saturated carbocycles. The van der Waals surface area contributed by atoms with E-state index in [1.165, 1.54) is 18.4 Å². The van der Waals surface area contributed by atoms with E-state index in [4.69, 9.17) is 9.47 Å². The molecule has 1 aromatic rings. The Morgan fingerprint density at radius 3 is 2.74 bits per heavy atom. The Kier molecular flexibility index (Phi) is 5.21. The lowest BCUT2D eigenvalue weighted by molar-refractivity contribution is -0.138. The summed E-state index contributed by atoms with van der Waals surface area (Å²) in [7, 11) is 1.26. The van der Waals surface area contributed by atoms with Gasteiger partial charge in [0, 0.05) is 0 Å². The van der Waals surface area contributed by atoms with Crippen molar-refractivity contribution in [2.45, 2.75) is 32.8 Å². The fourth-order valence-corrected chi connectivity index (χ4v) is 3.19. The van der Waals surface area contributed by atoms with E-state index in [9.17, 15) is 9.59 Å². The van der Waals surface area contributed by atoms with Gasteiger partial charge in [0.05, 0.1) is 12.0 Å². The monoisotopic (exact) mass is 332 g/mol. The minimum atomic E-state index is -1.20. The molecule has 0 spiro atoms. The number of aryl methyl sites for hydroxylation is 1. The maximum absolute atomic E-state index is 12.8.